The van der Waals surface area contributed by atoms with Crippen molar-refractivity contribution in [2.24, 2.45) is 0 Å². The predicted molar refractivity (Wildman–Crippen MR) is 78.0 cm³/mol. The van der Waals surface area contributed by atoms with Crippen molar-refractivity contribution in [1.29, 1.82) is 0 Å². The maximum absolute atomic E-state index is 13.0. The number of carbonyl (C=O) groups excluding carboxylic acids is 1. The molecule has 1 aliphatic heterocycles. The number of benzene rings is 1. The van der Waals surface area contributed by atoms with Crippen LogP contribution in [0.5, 0.6) is 0 Å². The largest absolute Gasteiger partial charge is 0.334 e. The molecule has 1 fully saturated rings. The van der Waals surface area contributed by atoms with Gasteiger partial charge in [0.05, 0.1) is 6.26 Å². The number of piperidine rings is 1. The number of urea groups is 1. The van der Waals surface area contributed by atoms with Gasteiger partial charge in [-0.15, -0.1) is 0 Å². The highest BCUT2D eigenvalue weighted by atomic mass is 32.2. The molecule has 1 aromatic carbocycles. The van der Waals surface area contributed by atoms with E-state index in [1.54, 1.807) is 6.07 Å². The van der Waals surface area contributed by atoms with Gasteiger partial charge in [0.1, 0.15) is 5.82 Å². The molecular weight excluding hydrogens is 297 g/mol. The second kappa shape index (κ2) is 6.40. The third-order valence-corrected chi connectivity index (χ3v) is 4.54. The minimum Gasteiger partial charge on any atom is -0.334 e. The highest BCUT2D eigenvalue weighted by Gasteiger charge is 2.26. The molecule has 1 aliphatic rings. The summed E-state index contributed by atoms with van der Waals surface area (Å²) in [5, 5.41) is 5.24. The first-order valence-electron chi connectivity index (χ1n) is 6.63. The summed E-state index contributed by atoms with van der Waals surface area (Å²) in [5.41, 5.74) is 0.350. The van der Waals surface area contributed by atoms with Gasteiger partial charge in [0.25, 0.3) is 0 Å². The average Bonchev–Trinajstić information content (AvgIpc) is 2.37. The monoisotopic (exact) mass is 315 g/mol. The van der Waals surface area contributed by atoms with Gasteiger partial charge in [-0.05, 0) is 31.0 Å². The van der Waals surface area contributed by atoms with Gasteiger partial charge in [0, 0.05) is 24.8 Å². The molecule has 8 heteroatoms. The number of sulfonamides is 1. The van der Waals surface area contributed by atoms with Gasteiger partial charge in [0.2, 0.25) is 10.0 Å². The van der Waals surface area contributed by atoms with Gasteiger partial charge in [-0.25, -0.2) is 21.9 Å². The Hall–Kier alpha value is -1.67. The number of hydrogen-bond donors (Lipinski definition) is 2. The molecule has 1 atom stereocenters. The molecule has 0 radical (unpaired) electrons. The van der Waals surface area contributed by atoms with Crippen molar-refractivity contribution in [1.82, 2.24) is 9.62 Å². The maximum atomic E-state index is 13.0. The number of nitrogens with one attached hydrogen (secondary N) is 2. The number of halogens is 1. The molecule has 2 rings (SSSR count). The van der Waals surface area contributed by atoms with Crippen LogP contribution in [0.4, 0.5) is 14.9 Å². The first kappa shape index (κ1) is 15.7. The van der Waals surface area contributed by atoms with E-state index in [0.29, 0.717) is 25.1 Å². The average molecular weight is 315 g/mol. The Morgan fingerprint density at radius 3 is 2.86 bits per heavy atom. The molecule has 2 amide bonds. The van der Waals surface area contributed by atoms with E-state index in [4.69, 9.17) is 0 Å². The van der Waals surface area contributed by atoms with Crippen LogP contribution in [-0.4, -0.2) is 44.1 Å². The molecule has 0 aliphatic carbocycles. The maximum Gasteiger partial charge on any atom is 0.319 e. The van der Waals surface area contributed by atoms with E-state index in [2.05, 4.69) is 10.6 Å². The van der Waals surface area contributed by atoms with Crippen molar-refractivity contribution < 1.29 is 17.6 Å². The van der Waals surface area contributed by atoms with Crippen LogP contribution in [0.3, 0.4) is 0 Å². The first-order chi connectivity index (χ1) is 9.84. The lowest BCUT2D eigenvalue weighted by atomic mass is 10.1. The van der Waals surface area contributed by atoms with Crippen LogP contribution in [0.25, 0.3) is 0 Å². The van der Waals surface area contributed by atoms with Crippen molar-refractivity contribution in [3.8, 4) is 0 Å². The van der Waals surface area contributed by atoms with E-state index in [9.17, 15) is 17.6 Å². The van der Waals surface area contributed by atoms with Crippen molar-refractivity contribution >= 4 is 21.7 Å². The zero-order valence-corrected chi connectivity index (χ0v) is 12.5. The first-order valence-corrected chi connectivity index (χ1v) is 8.47. The van der Waals surface area contributed by atoms with Crippen molar-refractivity contribution in [2.45, 2.75) is 18.9 Å². The van der Waals surface area contributed by atoms with Crippen LogP contribution >= 0.6 is 0 Å². The SMILES string of the molecule is CS(=O)(=O)N1CCC[C@H](NC(=O)Nc2cccc(F)c2)C1. The Morgan fingerprint density at radius 1 is 1.43 bits per heavy atom. The van der Waals surface area contributed by atoms with Gasteiger partial charge >= 0.3 is 6.03 Å². The molecule has 116 valence electrons. The van der Waals surface area contributed by atoms with E-state index >= 15 is 0 Å². The summed E-state index contributed by atoms with van der Waals surface area (Å²) in [5.74, 6) is -0.436. The van der Waals surface area contributed by atoms with Crippen molar-refractivity contribution in [2.75, 3.05) is 24.7 Å². The fraction of sp³-hybridized carbons (Fsp3) is 0.462. The Kier molecular flexibility index (Phi) is 4.79. The van der Waals surface area contributed by atoms with Crippen molar-refractivity contribution in [3.63, 3.8) is 0 Å². The molecule has 0 spiro atoms. The lowest BCUT2D eigenvalue weighted by Crippen LogP contribution is -2.50. The minimum atomic E-state index is -3.25. The van der Waals surface area contributed by atoms with Crippen LogP contribution in [0, 0.1) is 5.82 Å². The summed E-state index contributed by atoms with van der Waals surface area (Å²) in [7, 11) is -3.25. The topological polar surface area (TPSA) is 78.5 Å². The number of amides is 2. The lowest BCUT2D eigenvalue weighted by Gasteiger charge is -2.31. The third-order valence-electron chi connectivity index (χ3n) is 3.27. The highest BCUT2D eigenvalue weighted by molar-refractivity contribution is 7.88. The van der Waals surface area contributed by atoms with Crippen LogP contribution in [0.1, 0.15) is 12.8 Å². The van der Waals surface area contributed by atoms with Gasteiger partial charge < -0.3 is 10.6 Å². The molecule has 21 heavy (non-hydrogen) atoms. The summed E-state index contributed by atoms with van der Waals surface area (Å²) in [6.45, 7) is 0.734. The second-order valence-corrected chi connectivity index (χ2v) is 7.05. The molecule has 1 heterocycles. The van der Waals surface area contributed by atoms with Gasteiger partial charge in [-0.2, -0.15) is 0 Å². The Bertz CT molecular complexity index is 621. The molecule has 1 saturated heterocycles. The lowest BCUT2D eigenvalue weighted by molar-refractivity contribution is 0.236. The minimum absolute atomic E-state index is 0.248. The zero-order chi connectivity index (χ0) is 15.5. The number of carbonyl (C=O) groups is 1. The van der Waals surface area contributed by atoms with Crippen molar-refractivity contribution in [3.05, 3.63) is 30.1 Å². The standard InChI is InChI=1S/C13H18FN3O3S/c1-21(19,20)17-7-3-6-12(9-17)16-13(18)15-11-5-2-4-10(14)8-11/h2,4-5,8,12H,3,6-7,9H2,1H3,(H2,15,16,18)/t12-/m0/s1. The Balaban J connectivity index is 1.90. The van der Waals surface area contributed by atoms with E-state index in [0.717, 1.165) is 6.26 Å². The van der Waals surface area contributed by atoms with Gasteiger partial charge in [0.15, 0.2) is 0 Å². The third kappa shape index (κ3) is 4.68. The van der Waals surface area contributed by atoms with Gasteiger partial charge in [-0.3, -0.25) is 0 Å². The van der Waals surface area contributed by atoms with E-state index in [1.165, 1.54) is 22.5 Å². The number of hydrogen-bond acceptors (Lipinski definition) is 3. The van der Waals surface area contributed by atoms with Crippen LogP contribution in [0.2, 0.25) is 0 Å². The molecule has 1 aromatic rings. The van der Waals surface area contributed by atoms with E-state index in [1.807, 2.05) is 0 Å². The summed E-state index contributed by atoms with van der Waals surface area (Å²) in [4.78, 5) is 11.8. The highest BCUT2D eigenvalue weighted by Crippen LogP contribution is 2.14. The zero-order valence-electron chi connectivity index (χ0n) is 11.7. The molecule has 2 N–H and O–H groups in total. The molecule has 6 nitrogen and oxygen atoms in total. The molecular formula is C13H18FN3O3S. The van der Waals surface area contributed by atoms with Crippen LogP contribution in [-0.2, 0) is 10.0 Å². The number of anilines is 1. The fourth-order valence-corrected chi connectivity index (χ4v) is 3.19. The van der Waals surface area contributed by atoms with Crippen LogP contribution in [0.15, 0.2) is 24.3 Å². The van der Waals surface area contributed by atoms with E-state index < -0.39 is 21.9 Å². The summed E-state index contributed by atoms with van der Waals surface area (Å²) < 4.78 is 37.4. The quantitative estimate of drug-likeness (QED) is 0.884. The normalized spacial score (nSPS) is 20.0. The van der Waals surface area contributed by atoms with Gasteiger partial charge in [-0.1, -0.05) is 6.07 Å². The Morgan fingerprint density at radius 2 is 2.19 bits per heavy atom. The molecule has 0 unspecified atom stereocenters. The fourth-order valence-electron chi connectivity index (χ4n) is 2.28. The Labute approximate surface area is 123 Å². The molecule has 0 bridgehead atoms. The molecule has 0 saturated carbocycles. The number of nitrogens with zero attached hydrogens (tertiary/aromatic N) is 1. The summed E-state index contributed by atoms with van der Waals surface area (Å²) >= 11 is 0. The smallest absolute Gasteiger partial charge is 0.319 e. The number of rotatable bonds is 3. The summed E-state index contributed by atoms with van der Waals surface area (Å²) in [6.07, 6.45) is 2.56. The molecule has 0 aromatic heterocycles. The van der Waals surface area contributed by atoms with Crippen LogP contribution < -0.4 is 10.6 Å². The van der Waals surface area contributed by atoms with E-state index in [-0.39, 0.29) is 12.6 Å². The predicted octanol–water partition coefficient (Wildman–Crippen LogP) is 1.37. The second-order valence-electron chi connectivity index (χ2n) is 5.07. The summed E-state index contributed by atoms with van der Waals surface area (Å²) in [6, 6.07) is 4.85.